The van der Waals surface area contributed by atoms with Crippen LogP contribution in [0.2, 0.25) is 0 Å². The van der Waals surface area contributed by atoms with E-state index in [1.165, 1.54) is 0 Å². The van der Waals surface area contributed by atoms with Gasteiger partial charge in [0.15, 0.2) is 0 Å². The zero-order chi connectivity index (χ0) is 15.4. The molecular weight excluding hydrogens is 298 g/mol. The summed E-state index contributed by atoms with van der Waals surface area (Å²) in [6.07, 6.45) is 1.59. The first-order chi connectivity index (χ1) is 10.8. The number of thiophene rings is 1. The number of nitrogens with one attached hydrogen (secondary N) is 1. The van der Waals surface area contributed by atoms with Gasteiger partial charge in [-0.05, 0) is 17.7 Å². The largest absolute Gasteiger partial charge is 0.497 e. The van der Waals surface area contributed by atoms with Gasteiger partial charge in [0.2, 0.25) is 0 Å². The van der Waals surface area contributed by atoms with Gasteiger partial charge in [0.25, 0.3) is 0 Å². The first-order valence-electron chi connectivity index (χ1n) is 6.93. The molecule has 0 spiro atoms. The first kappa shape index (κ1) is 14.7. The number of ether oxygens (including phenoxy) is 2. The lowest BCUT2D eigenvalue weighted by Gasteiger charge is -2.08. The van der Waals surface area contributed by atoms with Crippen LogP contribution in [0.5, 0.6) is 5.75 Å². The van der Waals surface area contributed by atoms with E-state index >= 15 is 0 Å². The second-order valence-electron chi connectivity index (χ2n) is 4.70. The van der Waals surface area contributed by atoms with Gasteiger partial charge in [0.05, 0.1) is 19.1 Å². The molecule has 0 atom stereocenters. The van der Waals surface area contributed by atoms with Gasteiger partial charge in [0.1, 0.15) is 22.7 Å². The van der Waals surface area contributed by atoms with Crippen molar-refractivity contribution in [2.45, 2.75) is 0 Å². The van der Waals surface area contributed by atoms with Gasteiger partial charge in [-0.3, -0.25) is 0 Å². The average molecular weight is 315 g/mol. The molecule has 1 aromatic carbocycles. The molecular formula is C16H17N3O2S. The highest BCUT2D eigenvalue weighted by atomic mass is 32.1. The molecule has 22 heavy (non-hydrogen) atoms. The van der Waals surface area contributed by atoms with Crippen LogP contribution < -0.4 is 10.1 Å². The topological polar surface area (TPSA) is 56.3 Å². The Balaban J connectivity index is 2.01. The van der Waals surface area contributed by atoms with Gasteiger partial charge in [-0.15, -0.1) is 11.3 Å². The molecule has 1 N–H and O–H groups in total. The zero-order valence-electron chi connectivity index (χ0n) is 12.5. The van der Waals surface area contributed by atoms with Crippen LogP contribution in [-0.2, 0) is 4.74 Å². The Morgan fingerprint density at radius 2 is 1.95 bits per heavy atom. The van der Waals surface area contributed by atoms with Crippen molar-refractivity contribution in [3.63, 3.8) is 0 Å². The minimum atomic E-state index is 0.632. The number of benzene rings is 1. The number of anilines is 1. The smallest absolute Gasteiger partial charge is 0.138 e. The van der Waals surface area contributed by atoms with Gasteiger partial charge in [-0.1, -0.05) is 12.1 Å². The molecule has 0 amide bonds. The minimum absolute atomic E-state index is 0.632. The average Bonchev–Trinajstić information content (AvgIpc) is 3.00. The molecule has 3 rings (SSSR count). The number of methoxy groups -OCH3 is 2. The fourth-order valence-corrected chi connectivity index (χ4v) is 3.18. The van der Waals surface area contributed by atoms with Crippen LogP contribution in [0.15, 0.2) is 36.0 Å². The minimum Gasteiger partial charge on any atom is -0.497 e. The molecule has 5 nitrogen and oxygen atoms in total. The first-order valence-corrected chi connectivity index (χ1v) is 7.81. The number of rotatable bonds is 6. The molecule has 114 valence electrons. The van der Waals surface area contributed by atoms with Crippen LogP contribution in [0.4, 0.5) is 5.82 Å². The third-order valence-corrected chi connectivity index (χ3v) is 4.26. The second-order valence-corrected chi connectivity index (χ2v) is 5.56. The third-order valence-electron chi connectivity index (χ3n) is 3.37. The van der Waals surface area contributed by atoms with Gasteiger partial charge >= 0.3 is 0 Å². The lowest BCUT2D eigenvalue weighted by Crippen LogP contribution is -2.09. The number of hydrogen-bond acceptors (Lipinski definition) is 6. The van der Waals surface area contributed by atoms with E-state index in [4.69, 9.17) is 9.47 Å². The van der Waals surface area contributed by atoms with Crippen molar-refractivity contribution < 1.29 is 9.47 Å². The third kappa shape index (κ3) is 2.88. The molecule has 2 heterocycles. The van der Waals surface area contributed by atoms with E-state index < -0.39 is 0 Å². The summed E-state index contributed by atoms with van der Waals surface area (Å²) in [6.45, 7) is 1.34. The van der Waals surface area contributed by atoms with Crippen molar-refractivity contribution in [3.05, 3.63) is 36.0 Å². The van der Waals surface area contributed by atoms with Crippen molar-refractivity contribution in [1.29, 1.82) is 0 Å². The van der Waals surface area contributed by atoms with E-state index in [0.717, 1.165) is 32.9 Å². The van der Waals surface area contributed by atoms with Crippen molar-refractivity contribution in [2.24, 2.45) is 0 Å². The summed E-state index contributed by atoms with van der Waals surface area (Å²) in [5, 5.41) is 6.48. The van der Waals surface area contributed by atoms with Gasteiger partial charge in [-0.2, -0.15) is 0 Å². The quantitative estimate of drug-likeness (QED) is 0.706. The maximum absolute atomic E-state index is 5.21. The summed E-state index contributed by atoms with van der Waals surface area (Å²) in [7, 11) is 3.35. The van der Waals surface area contributed by atoms with Crippen LogP contribution >= 0.6 is 11.3 Å². The Labute approximate surface area is 132 Å². The maximum Gasteiger partial charge on any atom is 0.138 e. The SMILES string of the molecule is COCCNc1ncnc2scc(-c3ccc(OC)cc3)c12. The summed E-state index contributed by atoms with van der Waals surface area (Å²) in [4.78, 5) is 9.71. The molecule has 0 radical (unpaired) electrons. The fourth-order valence-electron chi connectivity index (χ4n) is 2.26. The summed E-state index contributed by atoms with van der Waals surface area (Å²) >= 11 is 1.62. The number of nitrogens with zero attached hydrogens (tertiary/aromatic N) is 2. The lowest BCUT2D eigenvalue weighted by atomic mass is 10.1. The van der Waals surface area contributed by atoms with Gasteiger partial charge in [0, 0.05) is 24.6 Å². The monoisotopic (exact) mass is 315 g/mol. The highest BCUT2D eigenvalue weighted by Crippen LogP contribution is 2.36. The normalized spacial score (nSPS) is 10.8. The molecule has 0 fully saturated rings. The summed E-state index contributed by atoms with van der Waals surface area (Å²) in [6, 6.07) is 8.01. The molecule has 0 unspecified atom stereocenters. The van der Waals surface area contributed by atoms with E-state index in [0.29, 0.717) is 13.2 Å². The summed E-state index contributed by atoms with van der Waals surface area (Å²) in [5.74, 6) is 1.69. The second kappa shape index (κ2) is 6.72. The Hall–Kier alpha value is -2.18. The lowest BCUT2D eigenvalue weighted by molar-refractivity contribution is 0.210. The zero-order valence-corrected chi connectivity index (χ0v) is 13.3. The molecule has 0 aliphatic carbocycles. The Bertz CT molecular complexity index is 756. The van der Waals surface area contributed by atoms with E-state index in [1.807, 2.05) is 24.3 Å². The van der Waals surface area contributed by atoms with Crippen molar-refractivity contribution in [3.8, 4) is 16.9 Å². The predicted octanol–water partition coefficient (Wildman–Crippen LogP) is 3.43. The Kier molecular flexibility index (Phi) is 4.50. The maximum atomic E-state index is 5.21. The van der Waals surface area contributed by atoms with E-state index in [9.17, 15) is 0 Å². The van der Waals surface area contributed by atoms with Crippen LogP contribution in [0, 0.1) is 0 Å². The van der Waals surface area contributed by atoms with Crippen molar-refractivity contribution >= 4 is 27.4 Å². The standard InChI is InChI=1S/C16H17N3O2S/c1-20-8-7-17-15-14-13(9-22-16(14)19-10-18-15)11-3-5-12(21-2)6-4-11/h3-6,9-10H,7-8H2,1-2H3,(H,17,18,19). The molecule has 6 heteroatoms. The Morgan fingerprint density at radius 1 is 1.14 bits per heavy atom. The van der Waals surface area contributed by atoms with Crippen molar-refractivity contribution in [2.75, 3.05) is 32.7 Å². The molecule has 3 aromatic rings. The van der Waals surface area contributed by atoms with E-state index in [2.05, 4.69) is 20.7 Å². The molecule has 0 aliphatic rings. The molecule has 0 bridgehead atoms. The molecule has 2 aromatic heterocycles. The molecule has 0 saturated heterocycles. The van der Waals surface area contributed by atoms with Crippen LogP contribution in [0.1, 0.15) is 0 Å². The number of fused-ring (bicyclic) bond motifs is 1. The highest BCUT2D eigenvalue weighted by molar-refractivity contribution is 7.17. The van der Waals surface area contributed by atoms with Crippen LogP contribution in [-0.4, -0.2) is 37.3 Å². The van der Waals surface area contributed by atoms with E-state index in [1.54, 1.807) is 31.9 Å². The van der Waals surface area contributed by atoms with Gasteiger partial charge in [-0.25, -0.2) is 9.97 Å². The highest BCUT2D eigenvalue weighted by Gasteiger charge is 2.12. The fraction of sp³-hybridized carbons (Fsp3) is 0.250. The van der Waals surface area contributed by atoms with Crippen LogP contribution in [0.25, 0.3) is 21.3 Å². The molecule has 0 aliphatic heterocycles. The van der Waals surface area contributed by atoms with Gasteiger partial charge < -0.3 is 14.8 Å². The summed E-state index contributed by atoms with van der Waals surface area (Å²) in [5.41, 5.74) is 2.25. The predicted molar refractivity (Wildman–Crippen MR) is 89.8 cm³/mol. The Morgan fingerprint density at radius 3 is 2.68 bits per heavy atom. The van der Waals surface area contributed by atoms with Crippen molar-refractivity contribution in [1.82, 2.24) is 9.97 Å². The summed E-state index contributed by atoms with van der Waals surface area (Å²) < 4.78 is 10.3. The number of hydrogen-bond donors (Lipinski definition) is 1. The number of aromatic nitrogens is 2. The van der Waals surface area contributed by atoms with E-state index in [-0.39, 0.29) is 0 Å². The molecule has 0 saturated carbocycles. The van der Waals surface area contributed by atoms with Crippen LogP contribution in [0.3, 0.4) is 0 Å².